The highest BCUT2D eigenvalue weighted by Crippen LogP contribution is 2.39. The lowest BCUT2D eigenvalue weighted by Gasteiger charge is -2.40. The minimum absolute atomic E-state index is 0.184. The third kappa shape index (κ3) is 4.70. The van der Waals surface area contributed by atoms with E-state index in [1.807, 2.05) is 54.7 Å². The highest BCUT2D eigenvalue weighted by molar-refractivity contribution is 7.99. The molecule has 2 aliphatic rings. The lowest BCUT2D eigenvalue weighted by molar-refractivity contribution is -0.250. The first-order chi connectivity index (χ1) is 16.5. The molecule has 3 heterocycles. The molecule has 0 unspecified atom stereocenters. The van der Waals surface area contributed by atoms with Crippen LogP contribution in [0, 0.1) is 0 Å². The second-order valence-electron chi connectivity index (χ2n) is 8.64. The zero-order chi connectivity index (χ0) is 23.7. The number of hydrogen-bond donors (Lipinski definition) is 4. The van der Waals surface area contributed by atoms with Crippen LogP contribution in [-0.2, 0) is 9.47 Å². The van der Waals surface area contributed by atoms with Gasteiger partial charge in [-0.1, -0.05) is 30.0 Å². The standard InChI is InChI=1S/C25H29NO7S/c27-14-20-22(28)23(29)24(30)25(33-20)26-13-21(18-3-1-2-4-19(18)26)34-17-7-5-15(6-8-17)32-16-9-11-31-12-10-16/h1-8,13,16,20,22-25,27-30H,9-12,14H2/t20-,22-,23+,24-,25-/m1/s1. The lowest BCUT2D eigenvalue weighted by atomic mass is 9.98. The van der Waals surface area contributed by atoms with E-state index in [-0.39, 0.29) is 6.10 Å². The van der Waals surface area contributed by atoms with Crippen LogP contribution in [0.15, 0.2) is 64.5 Å². The van der Waals surface area contributed by atoms with Crippen molar-refractivity contribution in [1.82, 2.24) is 4.57 Å². The van der Waals surface area contributed by atoms with E-state index in [1.54, 1.807) is 16.3 Å². The fraction of sp³-hybridized carbons (Fsp3) is 0.440. The Kier molecular flexibility index (Phi) is 7.12. The number of aromatic nitrogens is 1. The van der Waals surface area contributed by atoms with E-state index < -0.39 is 37.3 Å². The molecule has 2 saturated heterocycles. The largest absolute Gasteiger partial charge is 0.490 e. The van der Waals surface area contributed by atoms with Gasteiger partial charge in [0, 0.05) is 34.2 Å². The smallest absolute Gasteiger partial charge is 0.163 e. The van der Waals surface area contributed by atoms with Crippen molar-refractivity contribution in [3.05, 3.63) is 54.7 Å². The Morgan fingerprint density at radius 1 is 0.941 bits per heavy atom. The fourth-order valence-electron chi connectivity index (χ4n) is 4.48. The molecule has 182 valence electrons. The molecule has 0 amide bonds. The quantitative estimate of drug-likeness (QED) is 0.419. The average Bonchev–Trinajstić information content (AvgIpc) is 3.23. The Hall–Kier alpha value is -2.11. The molecule has 2 aromatic carbocycles. The summed E-state index contributed by atoms with van der Waals surface area (Å²) < 4.78 is 19.0. The molecule has 0 aliphatic carbocycles. The molecule has 5 atom stereocenters. The highest BCUT2D eigenvalue weighted by atomic mass is 32.2. The highest BCUT2D eigenvalue weighted by Gasteiger charge is 2.44. The van der Waals surface area contributed by atoms with E-state index in [4.69, 9.17) is 14.2 Å². The average molecular weight is 488 g/mol. The summed E-state index contributed by atoms with van der Waals surface area (Å²) in [6, 6.07) is 15.7. The van der Waals surface area contributed by atoms with Crippen LogP contribution in [0.25, 0.3) is 10.9 Å². The molecule has 3 aromatic rings. The Balaban J connectivity index is 1.38. The van der Waals surface area contributed by atoms with Gasteiger partial charge in [-0.25, -0.2) is 0 Å². The second kappa shape index (κ2) is 10.2. The van der Waals surface area contributed by atoms with Crippen molar-refractivity contribution in [3.8, 4) is 5.75 Å². The van der Waals surface area contributed by atoms with Gasteiger partial charge in [0.1, 0.15) is 36.3 Å². The molecular formula is C25H29NO7S. The van der Waals surface area contributed by atoms with Gasteiger partial charge in [0.05, 0.1) is 25.3 Å². The van der Waals surface area contributed by atoms with Crippen LogP contribution in [0.3, 0.4) is 0 Å². The summed E-state index contributed by atoms with van der Waals surface area (Å²) >= 11 is 1.57. The number of hydrogen-bond acceptors (Lipinski definition) is 8. The van der Waals surface area contributed by atoms with Crippen LogP contribution in [0.4, 0.5) is 0 Å². The first-order valence-electron chi connectivity index (χ1n) is 11.5. The third-order valence-corrected chi connectivity index (χ3v) is 7.42. The first-order valence-corrected chi connectivity index (χ1v) is 12.3. The van der Waals surface area contributed by atoms with Gasteiger partial charge < -0.3 is 39.2 Å². The number of aliphatic hydroxyl groups excluding tert-OH is 4. The zero-order valence-electron chi connectivity index (χ0n) is 18.6. The number of rotatable bonds is 6. The van der Waals surface area contributed by atoms with Crippen LogP contribution in [0.5, 0.6) is 5.75 Å². The summed E-state index contributed by atoms with van der Waals surface area (Å²) in [6.07, 6.45) is -2.26. The summed E-state index contributed by atoms with van der Waals surface area (Å²) in [4.78, 5) is 1.97. The number of fused-ring (bicyclic) bond motifs is 1. The molecule has 9 heteroatoms. The molecule has 0 saturated carbocycles. The SMILES string of the molecule is OC[C@H]1O[C@@H](n2cc(Sc3ccc(OC4CCOCC4)cc3)c3ccccc32)[C@H](O)[C@@H](O)[C@@H]1O. The third-order valence-electron chi connectivity index (χ3n) is 6.37. The first kappa shape index (κ1) is 23.6. The summed E-state index contributed by atoms with van der Waals surface area (Å²) in [7, 11) is 0. The Bertz CT molecular complexity index is 1100. The van der Waals surface area contributed by atoms with Gasteiger partial charge in [-0.05, 0) is 30.3 Å². The zero-order valence-corrected chi connectivity index (χ0v) is 19.4. The number of ether oxygens (including phenoxy) is 3. The number of benzene rings is 2. The second-order valence-corrected chi connectivity index (χ2v) is 9.76. The van der Waals surface area contributed by atoms with Crippen molar-refractivity contribution in [2.45, 2.75) is 59.4 Å². The summed E-state index contributed by atoms with van der Waals surface area (Å²) in [6.45, 7) is 0.999. The Morgan fingerprint density at radius 2 is 1.68 bits per heavy atom. The monoisotopic (exact) mass is 487 g/mol. The molecule has 0 bridgehead atoms. The molecule has 5 rings (SSSR count). The minimum atomic E-state index is -1.43. The lowest BCUT2D eigenvalue weighted by Crippen LogP contribution is -2.56. The number of para-hydroxylation sites is 1. The van der Waals surface area contributed by atoms with Crippen LogP contribution < -0.4 is 4.74 Å². The van der Waals surface area contributed by atoms with E-state index in [9.17, 15) is 20.4 Å². The van der Waals surface area contributed by atoms with Gasteiger partial charge in [-0.3, -0.25) is 0 Å². The van der Waals surface area contributed by atoms with Crippen LogP contribution in [0.1, 0.15) is 19.1 Å². The van der Waals surface area contributed by atoms with Gasteiger partial charge in [0.2, 0.25) is 0 Å². The fourth-order valence-corrected chi connectivity index (χ4v) is 5.45. The molecule has 1 aromatic heterocycles. The number of nitrogens with zero attached hydrogens (tertiary/aromatic N) is 1. The Morgan fingerprint density at radius 3 is 2.41 bits per heavy atom. The van der Waals surface area contributed by atoms with Crippen LogP contribution >= 0.6 is 11.8 Å². The molecule has 34 heavy (non-hydrogen) atoms. The van der Waals surface area contributed by atoms with Gasteiger partial charge in [0.15, 0.2) is 6.23 Å². The van der Waals surface area contributed by atoms with Crippen molar-refractivity contribution in [2.75, 3.05) is 19.8 Å². The van der Waals surface area contributed by atoms with Crippen LogP contribution in [-0.4, -0.2) is 75.3 Å². The topological polar surface area (TPSA) is 114 Å². The van der Waals surface area contributed by atoms with E-state index in [0.717, 1.165) is 52.5 Å². The summed E-state index contributed by atoms with van der Waals surface area (Å²) in [5, 5.41) is 41.6. The molecule has 2 aliphatic heterocycles. The van der Waals surface area contributed by atoms with Crippen LogP contribution in [0.2, 0.25) is 0 Å². The summed E-state index contributed by atoms with van der Waals surface area (Å²) in [5.41, 5.74) is 0.814. The van der Waals surface area contributed by atoms with E-state index in [2.05, 4.69) is 0 Å². The van der Waals surface area contributed by atoms with Crippen molar-refractivity contribution < 1.29 is 34.6 Å². The number of aliphatic hydroxyl groups is 4. The normalized spacial score (nSPS) is 28.3. The molecular weight excluding hydrogens is 458 g/mol. The van der Waals surface area contributed by atoms with Crippen molar-refractivity contribution in [3.63, 3.8) is 0 Å². The summed E-state index contributed by atoms with van der Waals surface area (Å²) in [5.74, 6) is 0.833. The van der Waals surface area contributed by atoms with Crippen molar-refractivity contribution >= 4 is 22.7 Å². The van der Waals surface area contributed by atoms with Gasteiger partial charge in [0.25, 0.3) is 0 Å². The van der Waals surface area contributed by atoms with E-state index >= 15 is 0 Å². The molecule has 2 fully saturated rings. The van der Waals surface area contributed by atoms with E-state index in [0.29, 0.717) is 0 Å². The van der Waals surface area contributed by atoms with Gasteiger partial charge in [-0.15, -0.1) is 0 Å². The molecule has 8 nitrogen and oxygen atoms in total. The van der Waals surface area contributed by atoms with Gasteiger partial charge >= 0.3 is 0 Å². The van der Waals surface area contributed by atoms with Crippen molar-refractivity contribution in [2.24, 2.45) is 0 Å². The van der Waals surface area contributed by atoms with Crippen molar-refractivity contribution in [1.29, 1.82) is 0 Å². The molecule has 0 radical (unpaired) electrons. The van der Waals surface area contributed by atoms with Gasteiger partial charge in [-0.2, -0.15) is 0 Å². The maximum absolute atomic E-state index is 10.6. The molecule has 0 spiro atoms. The Labute approximate surface area is 201 Å². The predicted octanol–water partition coefficient (Wildman–Crippen LogP) is 2.32. The maximum atomic E-state index is 10.6. The predicted molar refractivity (Wildman–Crippen MR) is 126 cm³/mol. The van der Waals surface area contributed by atoms with E-state index in [1.165, 1.54) is 0 Å². The maximum Gasteiger partial charge on any atom is 0.163 e. The minimum Gasteiger partial charge on any atom is -0.490 e. The molecule has 4 N–H and O–H groups in total.